The van der Waals surface area contributed by atoms with Gasteiger partial charge in [0, 0.05) is 24.0 Å². The monoisotopic (exact) mass is 297 g/mol. The van der Waals surface area contributed by atoms with E-state index in [1.165, 1.54) is 35.3 Å². The topological polar surface area (TPSA) is 69.8 Å². The van der Waals surface area contributed by atoms with Crippen LogP contribution in [-0.4, -0.2) is 16.1 Å². The third-order valence-corrected chi connectivity index (χ3v) is 2.65. The van der Waals surface area contributed by atoms with Crippen molar-refractivity contribution in [1.29, 1.82) is 0 Å². The van der Waals surface area contributed by atoms with Crippen LogP contribution in [0.25, 0.3) is 11.3 Å². The maximum atomic E-state index is 12.6. The van der Waals surface area contributed by atoms with Crippen LogP contribution in [0.4, 0.5) is 13.2 Å². The molecule has 2 aromatic rings. The zero-order valence-corrected chi connectivity index (χ0v) is 10.7. The highest BCUT2D eigenvalue weighted by molar-refractivity contribution is 5.63. The lowest BCUT2D eigenvalue weighted by Crippen LogP contribution is -2.40. The van der Waals surface area contributed by atoms with Crippen molar-refractivity contribution >= 4 is 5.97 Å². The molecule has 0 N–H and O–H groups in total. The Morgan fingerprint density at radius 2 is 2.05 bits per heavy atom. The van der Waals surface area contributed by atoms with Gasteiger partial charge < -0.3 is 9.90 Å². The summed E-state index contributed by atoms with van der Waals surface area (Å²) in [5, 5.41) is 14.2. The number of aliphatic carboxylic acids is 1. The number of aryl methyl sites for hydroxylation is 1. The van der Waals surface area contributed by atoms with Crippen LogP contribution in [0.1, 0.15) is 12.1 Å². The molecule has 0 aliphatic heterocycles. The number of nitrogens with zero attached hydrogens (tertiary/aromatic N) is 3. The first-order chi connectivity index (χ1) is 9.86. The van der Waals surface area contributed by atoms with Gasteiger partial charge in [0.05, 0.1) is 5.69 Å². The molecule has 2 rings (SSSR count). The van der Waals surface area contributed by atoms with E-state index in [2.05, 4.69) is 10.1 Å². The van der Waals surface area contributed by atoms with Crippen LogP contribution in [0.5, 0.6) is 0 Å². The molecule has 0 unspecified atom stereocenters. The molecule has 0 aromatic carbocycles. The predicted molar refractivity (Wildman–Crippen MR) is 62.3 cm³/mol. The van der Waals surface area contributed by atoms with Gasteiger partial charge in [0.15, 0.2) is 12.7 Å². The fourth-order valence-corrected chi connectivity index (χ4v) is 1.63. The standard InChI is InChI=1S/C13H10F3N3O2/c14-13(15,16)11-3-1-2-10(18-11)9-4-6-19(17-8-9)7-5-12(20)21/h1-4,6,8H,5,7H2. The largest absolute Gasteiger partial charge is 0.550 e. The molecule has 0 aliphatic rings. The predicted octanol–water partition coefficient (Wildman–Crippen LogP) is 0.590. The van der Waals surface area contributed by atoms with Crippen LogP contribution in [0, 0.1) is 0 Å². The Hall–Kier alpha value is -2.51. The number of hydrogen-bond acceptors (Lipinski definition) is 4. The average Bonchev–Trinajstić information content (AvgIpc) is 2.45. The molecule has 0 radical (unpaired) electrons. The minimum atomic E-state index is -4.51. The first-order valence-electron chi connectivity index (χ1n) is 5.96. The fraction of sp³-hybridized carbons (Fsp3) is 0.231. The van der Waals surface area contributed by atoms with Gasteiger partial charge in [-0.1, -0.05) is 10.7 Å². The molecule has 0 saturated carbocycles. The number of aromatic nitrogens is 3. The van der Waals surface area contributed by atoms with Gasteiger partial charge in [0.2, 0.25) is 0 Å². The molecule has 0 spiro atoms. The zero-order chi connectivity index (χ0) is 15.5. The van der Waals surface area contributed by atoms with Crippen molar-refractivity contribution in [2.75, 3.05) is 0 Å². The van der Waals surface area contributed by atoms with Gasteiger partial charge in [-0.3, -0.25) is 0 Å². The molecule has 21 heavy (non-hydrogen) atoms. The van der Waals surface area contributed by atoms with E-state index in [0.29, 0.717) is 5.56 Å². The number of pyridine rings is 1. The lowest BCUT2D eigenvalue weighted by molar-refractivity contribution is -0.753. The highest BCUT2D eigenvalue weighted by atomic mass is 19.4. The zero-order valence-electron chi connectivity index (χ0n) is 10.7. The number of halogens is 3. The van der Waals surface area contributed by atoms with Gasteiger partial charge in [-0.2, -0.15) is 13.2 Å². The minimum Gasteiger partial charge on any atom is -0.550 e. The minimum absolute atomic E-state index is 0.124. The summed E-state index contributed by atoms with van der Waals surface area (Å²) >= 11 is 0. The molecule has 0 aliphatic carbocycles. The summed E-state index contributed by atoms with van der Waals surface area (Å²) in [5.41, 5.74) is -0.427. The number of carbonyl (C=O) groups excluding carboxylic acids is 1. The van der Waals surface area contributed by atoms with Crippen LogP contribution in [-0.2, 0) is 17.5 Å². The van der Waals surface area contributed by atoms with Crippen molar-refractivity contribution in [2.24, 2.45) is 0 Å². The lowest BCUT2D eigenvalue weighted by Gasteiger charge is -2.07. The smallest absolute Gasteiger partial charge is 0.433 e. The Bertz CT molecular complexity index is 642. The summed E-state index contributed by atoms with van der Waals surface area (Å²) in [5.74, 6) is -1.20. The van der Waals surface area contributed by atoms with E-state index in [4.69, 9.17) is 0 Å². The van der Waals surface area contributed by atoms with E-state index in [-0.39, 0.29) is 18.7 Å². The molecule has 110 valence electrons. The summed E-state index contributed by atoms with van der Waals surface area (Å²) < 4.78 is 39.1. The summed E-state index contributed by atoms with van der Waals surface area (Å²) in [7, 11) is 0. The van der Waals surface area contributed by atoms with E-state index in [9.17, 15) is 23.1 Å². The maximum absolute atomic E-state index is 12.6. The number of carbonyl (C=O) groups is 1. The Morgan fingerprint density at radius 3 is 2.62 bits per heavy atom. The molecular weight excluding hydrogens is 287 g/mol. The summed E-state index contributed by atoms with van der Waals surface area (Å²) in [6, 6.07) is 5.12. The van der Waals surface area contributed by atoms with Crippen LogP contribution >= 0.6 is 0 Å². The van der Waals surface area contributed by atoms with Crippen LogP contribution < -0.4 is 9.79 Å². The SMILES string of the molecule is O=C([O-])CC[n+]1ccc(-c2cccc(C(F)(F)F)n2)cn1. The van der Waals surface area contributed by atoms with Crippen LogP contribution in [0.2, 0.25) is 0 Å². The Kier molecular flexibility index (Phi) is 4.15. The van der Waals surface area contributed by atoms with Gasteiger partial charge >= 0.3 is 6.18 Å². The second-order valence-corrected chi connectivity index (χ2v) is 4.21. The molecule has 5 nitrogen and oxygen atoms in total. The number of hydrogen-bond donors (Lipinski definition) is 0. The number of carboxylic acids is 1. The second kappa shape index (κ2) is 5.86. The molecule has 0 fully saturated rings. The molecule has 0 amide bonds. The normalized spacial score (nSPS) is 11.4. The van der Waals surface area contributed by atoms with E-state index in [1.807, 2.05) is 0 Å². The maximum Gasteiger partial charge on any atom is 0.433 e. The van der Waals surface area contributed by atoms with Crippen molar-refractivity contribution in [3.8, 4) is 11.3 Å². The number of rotatable bonds is 4. The molecule has 0 bridgehead atoms. The molecule has 2 aromatic heterocycles. The van der Waals surface area contributed by atoms with Gasteiger partial charge in [0.25, 0.3) is 0 Å². The molecule has 2 heterocycles. The Labute approximate surface area is 117 Å². The van der Waals surface area contributed by atoms with Crippen molar-refractivity contribution in [3.05, 3.63) is 42.4 Å². The van der Waals surface area contributed by atoms with Gasteiger partial charge in [-0.05, 0) is 17.2 Å². The van der Waals surface area contributed by atoms with Crippen LogP contribution in [0.3, 0.4) is 0 Å². The van der Waals surface area contributed by atoms with Crippen molar-refractivity contribution in [3.63, 3.8) is 0 Å². The van der Waals surface area contributed by atoms with Gasteiger partial charge in [-0.15, -0.1) is 0 Å². The highest BCUT2D eigenvalue weighted by Gasteiger charge is 2.32. The number of carboxylic acid groups (broad SMARTS) is 1. The molecular formula is C13H10F3N3O2. The Balaban J connectivity index is 2.21. The van der Waals surface area contributed by atoms with Crippen molar-refractivity contribution in [2.45, 2.75) is 19.1 Å². The molecule has 0 atom stereocenters. The molecule has 0 saturated heterocycles. The Morgan fingerprint density at radius 1 is 1.29 bits per heavy atom. The lowest BCUT2D eigenvalue weighted by atomic mass is 10.2. The first kappa shape index (κ1) is 14.9. The summed E-state index contributed by atoms with van der Waals surface area (Å²) in [6.07, 6.45) is -1.90. The fourth-order valence-electron chi connectivity index (χ4n) is 1.63. The third-order valence-electron chi connectivity index (χ3n) is 2.65. The summed E-state index contributed by atoms with van der Waals surface area (Å²) in [4.78, 5) is 13.9. The summed E-state index contributed by atoms with van der Waals surface area (Å²) in [6.45, 7) is 0.124. The van der Waals surface area contributed by atoms with Crippen LogP contribution in [0.15, 0.2) is 36.7 Å². The quantitative estimate of drug-likeness (QED) is 0.775. The van der Waals surface area contributed by atoms with Gasteiger partial charge in [0.1, 0.15) is 11.9 Å². The van der Waals surface area contributed by atoms with Crippen molar-refractivity contribution < 1.29 is 27.8 Å². The van der Waals surface area contributed by atoms with Crippen molar-refractivity contribution in [1.82, 2.24) is 10.1 Å². The van der Waals surface area contributed by atoms with E-state index < -0.39 is 17.8 Å². The van der Waals surface area contributed by atoms with E-state index >= 15 is 0 Å². The van der Waals surface area contributed by atoms with Gasteiger partial charge in [-0.25, -0.2) is 4.98 Å². The molecule has 8 heteroatoms. The van der Waals surface area contributed by atoms with E-state index in [1.54, 1.807) is 0 Å². The van der Waals surface area contributed by atoms with E-state index in [0.717, 1.165) is 6.07 Å². The first-order valence-corrected chi connectivity index (χ1v) is 5.96. The number of alkyl halides is 3. The highest BCUT2D eigenvalue weighted by Crippen LogP contribution is 2.28. The second-order valence-electron chi connectivity index (χ2n) is 4.21. The third kappa shape index (κ3) is 3.98. The average molecular weight is 297 g/mol.